The molecule has 1 fully saturated rings. The average Bonchev–Trinajstić information content (AvgIpc) is 2.80. The smallest absolute Gasteiger partial charge is 0.373 e. The summed E-state index contributed by atoms with van der Waals surface area (Å²) in [7, 11) is -3.40. The number of rotatable bonds is 21. The molecule has 1 rings (SSSR count). The lowest BCUT2D eigenvalue weighted by Gasteiger charge is -2.40. The molecule has 0 aromatic heterocycles. The van der Waals surface area contributed by atoms with E-state index in [-0.39, 0.29) is 18.0 Å². The molecule has 0 aliphatic carbocycles. The summed E-state index contributed by atoms with van der Waals surface area (Å²) in [6.45, 7) is 2.81. The minimum Gasteiger partial charge on any atom is -0.373 e. The van der Waals surface area contributed by atoms with E-state index < -0.39 is 19.7 Å². The van der Waals surface area contributed by atoms with Crippen molar-refractivity contribution >= 4 is 23.8 Å². The van der Waals surface area contributed by atoms with Crippen LogP contribution >= 0.6 is 23.8 Å². The second kappa shape index (κ2) is 18.7. The van der Waals surface area contributed by atoms with E-state index in [0.717, 1.165) is 12.8 Å². The molecule has 0 saturated carbocycles. The van der Waals surface area contributed by atoms with Gasteiger partial charge in [0.25, 0.3) is 0 Å². The van der Waals surface area contributed by atoms with Crippen LogP contribution in [-0.2, 0) is 23.3 Å². The Hall–Kier alpha value is 0.470. The molecule has 1 aliphatic rings. The molecule has 3 unspecified atom stereocenters. The number of ether oxygens (including phenoxy) is 3. The van der Waals surface area contributed by atoms with Crippen LogP contribution in [0.3, 0.4) is 0 Å². The van der Waals surface area contributed by atoms with Crippen LogP contribution in [0.4, 0.5) is 0 Å². The molecule has 9 heteroatoms. The van der Waals surface area contributed by atoms with E-state index >= 15 is 0 Å². The predicted octanol–water partition coefficient (Wildman–Crippen LogP) is 6.88. The van der Waals surface area contributed by atoms with Crippen molar-refractivity contribution in [1.82, 2.24) is 0 Å². The number of halogens is 1. The number of hydrogen-bond acceptors (Lipinski definition) is 5. The Labute approximate surface area is 210 Å². The van der Waals surface area contributed by atoms with E-state index in [1.807, 2.05) is 0 Å². The van der Waals surface area contributed by atoms with E-state index in [0.29, 0.717) is 6.61 Å². The molecule has 1 saturated heterocycles. The van der Waals surface area contributed by atoms with Gasteiger partial charge in [-0.05, 0) is 6.42 Å². The van der Waals surface area contributed by atoms with Gasteiger partial charge in [0.05, 0.1) is 24.6 Å². The van der Waals surface area contributed by atoms with Gasteiger partial charge in [-0.3, -0.25) is 4.52 Å². The molecule has 2 N–H and O–H groups in total. The van der Waals surface area contributed by atoms with Crippen molar-refractivity contribution in [2.45, 2.75) is 128 Å². The number of phosphoric ester groups is 1. The topological polar surface area (TPSA) is 94.5 Å². The van der Waals surface area contributed by atoms with E-state index in [1.165, 1.54) is 97.0 Å². The number of methoxy groups -OCH3 is 1. The highest BCUT2D eigenvalue weighted by molar-refractivity contribution is 9.09. The lowest BCUT2D eigenvalue weighted by Crippen LogP contribution is -2.54. The standard InChI is InChI=1S/C24H48BrO7P/c1-3-4-5-6-7-8-9-10-11-12-13-14-15-16-17-18-22-19-31-23(20-30-22)24(21-25,29-2)32-33(26,27)28/h22-23H,3-21H2,1-2H3,(H2,26,27,28). The normalized spacial score (nSPS) is 21.2. The van der Waals surface area contributed by atoms with Gasteiger partial charge >= 0.3 is 7.82 Å². The minimum atomic E-state index is -4.74. The van der Waals surface area contributed by atoms with Crippen LogP contribution in [0.5, 0.6) is 0 Å². The lowest BCUT2D eigenvalue weighted by atomic mass is 10.0. The molecule has 7 nitrogen and oxygen atoms in total. The predicted molar refractivity (Wildman–Crippen MR) is 136 cm³/mol. The van der Waals surface area contributed by atoms with E-state index in [1.54, 1.807) is 0 Å². The summed E-state index contributed by atoms with van der Waals surface area (Å²) in [5, 5.41) is 0.0549. The zero-order valence-corrected chi connectivity index (χ0v) is 23.3. The largest absolute Gasteiger partial charge is 0.472 e. The Bertz CT molecular complexity index is 505. The Kier molecular flexibility index (Phi) is 17.8. The summed E-state index contributed by atoms with van der Waals surface area (Å²) >= 11 is 3.21. The molecule has 0 amide bonds. The van der Waals surface area contributed by atoms with Crippen molar-refractivity contribution in [1.29, 1.82) is 0 Å². The molecule has 33 heavy (non-hydrogen) atoms. The quantitative estimate of drug-likeness (QED) is 0.0685. The Morgan fingerprint density at radius 1 is 0.848 bits per heavy atom. The maximum absolute atomic E-state index is 11.3. The third-order valence-corrected chi connectivity index (χ3v) is 7.72. The molecule has 1 aliphatic heterocycles. The molecule has 198 valence electrons. The first-order chi connectivity index (χ1) is 15.9. The molecule has 0 aromatic carbocycles. The lowest BCUT2D eigenvalue weighted by molar-refractivity contribution is -0.269. The molecule has 3 atom stereocenters. The summed E-state index contributed by atoms with van der Waals surface area (Å²) in [6, 6.07) is 0. The molecule has 0 radical (unpaired) electrons. The second-order valence-electron chi connectivity index (χ2n) is 9.25. The number of unbranched alkanes of at least 4 members (excludes halogenated alkanes) is 14. The van der Waals surface area contributed by atoms with Crippen molar-refractivity contribution in [3.05, 3.63) is 0 Å². The highest BCUT2D eigenvalue weighted by Crippen LogP contribution is 2.44. The first kappa shape index (κ1) is 31.5. The van der Waals surface area contributed by atoms with Crippen LogP contribution < -0.4 is 0 Å². The highest BCUT2D eigenvalue weighted by atomic mass is 79.9. The van der Waals surface area contributed by atoms with Gasteiger partial charge in [0.15, 0.2) is 0 Å². The van der Waals surface area contributed by atoms with Gasteiger partial charge in [-0.25, -0.2) is 4.57 Å². The molecular formula is C24H48BrO7P. The monoisotopic (exact) mass is 558 g/mol. The molecule has 0 aromatic rings. The summed E-state index contributed by atoms with van der Waals surface area (Å²) in [5.41, 5.74) is 0. The van der Waals surface area contributed by atoms with Gasteiger partial charge < -0.3 is 24.0 Å². The van der Waals surface area contributed by atoms with E-state index in [4.69, 9.17) is 18.7 Å². The van der Waals surface area contributed by atoms with Crippen molar-refractivity contribution in [3.8, 4) is 0 Å². The van der Waals surface area contributed by atoms with Crippen molar-refractivity contribution in [2.24, 2.45) is 0 Å². The Morgan fingerprint density at radius 2 is 1.33 bits per heavy atom. The van der Waals surface area contributed by atoms with Gasteiger partial charge in [-0.2, -0.15) is 0 Å². The van der Waals surface area contributed by atoms with Crippen LogP contribution in [0.25, 0.3) is 0 Å². The third-order valence-electron chi connectivity index (χ3n) is 6.39. The van der Waals surface area contributed by atoms with Crippen LogP contribution in [-0.4, -0.2) is 53.4 Å². The number of hydrogen-bond donors (Lipinski definition) is 2. The summed E-state index contributed by atoms with van der Waals surface area (Å²) in [5.74, 6) is -1.58. The fourth-order valence-electron chi connectivity index (χ4n) is 4.30. The van der Waals surface area contributed by atoms with Gasteiger partial charge in [-0.15, -0.1) is 0 Å². The van der Waals surface area contributed by atoms with Gasteiger partial charge in [0, 0.05) is 7.11 Å². The van der Waals surface area contributed by atoms with Crippen molar-refractivity contribution in [3.63, 3.8) is 0 Å². The summed E-state index contributed by atoms with van der Waals surface area (Å²) < 4.78 is 33.1. The Morgan fingerprint density at radius 3 is 1.70 bits per heavy atom. The molecule has 0 spiro atoms. The van der Waals surface area contributed by atoms with Crippen LogP contribution in [0.1, 0.15) is 110 Å². The zero-order valence-electron chi connectivity index (χ0n) is 20.9. The maximum atomic E-state index is 11.3. The van der Waals surface area contributed by atoms with Gasteiger partial charge in [-0.1, -0.05) is 119 Å². The molecular weight excluding hydrogens is 511 g/mol. The zero-order chi connectivity index (χ0) is 24.4. The van der Waals surface area contributed by atoms with E-state index in [2.05, 4.69) is 22.9 Å². The van der Waals surface area contributed by atoms with E-state index in [9.17, 15) is 14.4 Å². The van der Waals surface area contributed by atoms with Crippen molar-refractivity contribution < 1.29 is 33.1 Å². The first-order valence-corrected chi connectivity index (χ1v) is 15.6. The van der Waals surface area contributed by atoms with Crippen molar-refractivity contribution in [2.75, 3.05) is 25.7 Å². The first-order valence-electron chi connectivity index (χ1n) is 13.0. The van der Waals surface area contributed by atoms with Gasteiger partial charge in [0.2, 0.25) is 5.79 Å². The van der Waals surface area contributed by atoms with Crippen LogP contribution in [0, 0.1) is 0 Å². The van der Waals surface area contributed by atoms with Crippen LogP contribution in [0.2, 0.25) is 0 Å². The average molecular weight is 560 g/mol. The van der Waals surface area contributed by atoms with Crippen LogP contribution in [0.15, 0.2) is 0 Å². The second-order valence-corrected chi connectivity index (χ2v) is 11.0. The molecule has 1 heterocycles. The number of phosphoric acid groups is 1. The summed E-state index contributed by atoms with van der Waals surface area (Å²) in [4.78, 5) is 18.4. The Balaban J connectivity index is 2.00. The fourth-order valence-corrected chi connectivity index (χ4v) is 5.84. The summed E-state index contributed by atoms with van der Waals surface area (Å²) in [6.07, 6.45) is 20.4. The minimum absolute atomic E-state index is 0.00293. The number of alkyl halides is 1. The SMILES string of the molecule is CCCCCCCCCCCCCCCCCC1COC(C(CBr)(OC)OP(=O)(O)O)CO1. The fraction of sp³-hybridized carbons (Fsp3) is 1.00. The maximum Gasteiger partial charge on any atom is 0.472 e. The third kappa shape index (κ3) is 14.6. The van der Waals surface area contributed by atoms with Gasteiger partial charge in [0.1, 0.15) is 6.10 Å². The highest BCUT2D eigenvalue weighted by Gasteiger charge is 2.47. The molecule has 0 bridgehead atoms.